The van der Waals surface area contributed by atoms with Crippen LogP contribution in [0, 0.1) is 6.92 Å². The lowest BCUT2D eigenvalue weighted by molar-refractivity contribution is -0.139. The van der Waals surface area contributed by atoms with Gasteiger partial charge in [-0.05, 0) is 49.8 Å². The molecule has 28 heavy (non-hydrogen) atoms. The van der Waals surface area contributed by atoms with E-state index in [0.29, 0.717) is 17.1 Å². The molecule has 2 aromatic rings. The average Bonchev–Trinajstić information content (AvgIpc) is 3.10. The third-order valence-electron chi connectivity index (χ3n) is 4.38. The van der Waals surface area contributed by atoms with Crippen molar-refractivity contribution < 1.29 is 23.6 Å². The van der Waals surface area contributed by atoms with Gasteiger partial charge in [-0.2, -0.15) is 0 Å². The Balaban J connectivity index is 1.37. The summed E-state index contributed by atoms with van der Waals surface area (Å²) in [5.41, 5.74) is 3.09. The number of hydrogen-bond donors (Lipinski definition) is 1. The molecule has 1 aromatic carbocycles. The molecule has 0 spiro atoms. The van der Waals surface area contributed by atoms with E-state index < -0.39 is 5.97 Å². The van der Waals surface area contributed by atoms with Gasteiger partial charge >= 0.3 is 5.97 Å². The Bertz CT molecular complexity index is 877. The highest BCUT2D eigenvalue weighted by atomic mass is 32.2. The molecule has 1 aromatic heterocycles. The van der Waals surface area contributed by atoms with Crippen LogP contribution in [0.3, 0.4) is 0 Å². The van der Waals surface area contributed by atoms with Crippen molar-refractivity contribution in [2.75, 3.05) is 23.4 Å². The highest BCUT2D eigenvalue weighted by Gasteiger charge is 2.15. The van der Waals surface area contributed by atoms with Gasteiger partial charge in [-0.3, -0.25) is 14.4 Å². The predicted molar refractivity (Wildman–Crippen MR) is 106 cm³/mol. The summed E-state index contributed by atoms with van der Waals surface area (Å²) in [4.78, 5) is 35.8. The summed E-state index contributed by atoms with van der Waals surface area (Å²) >= 11 is 1.11. The molecule has 0 bridgehead atoms. The number of nitrogens with zero attached hydrogens (tertiary/aromatic N) is 1. The van der Waals surface area contributed by atoms with Crippen LogP contribution >= 0.6 is 11.8 Å². The minimum atomic E-state index is -0.526. The molecule has 0 fully saturated rings. The van der Waals surface area contributed by atoms with E-state index in [4.69, 9.17) is 9.26 Å². The largest absolute Gasteiger partial charge is 0.457 e. The summed E-state index contributed by atoms with van der Waals surface area (Å²) in [5.74, 6) is -0.0531. The Morgan fingerprint density at radius 3 is 2.68 bits per heavy atom. The maximum absolute atomic E-state index is 12.3. The fourth-order valence-corrected chi connectivity index (χ4v) is 3.62. The van der Waals surface area contributed by atoms with Gasteiger partial charge in [0.15, 0.2) is 18.2 Å². The lowest BCUT2D eigenvalue weighted by atomic mass is 9.90. The molecular weight excluding hydrogens is 380 g/mol. The van der Waals surface area contributed by atoms with Crippen molar-refractivity contribution >= 4 is 35.2 Å². The number of Topliss-reactive ketones (excluding diaryl/α,β-unsaturated/α-hetero) is 1. The second-order valence-electron chi connectivity index (χ2n) is 6.64. The van der Waals surface area contributed by atoms with E-state index in [9.17, 15) is 14.4 Å². The molecule has 8 heteroatoms. The molecule has 1 aliphatic rings. The smallest absolute Gasteiger partial charge is 0.316 e. The van der Waals surface area contributed by atoms with Crippen LogP contribution in [0.2, 0.25) is 0 Å². The lowest BCUT2D eigenvalue weighted by Gasteiger charge is -2.16. The maximum Gasteiger partial charge on any atom is 0.316 e. The van der Waals surface area contributed by atoms with Crippen LogP contribution in [0.25, 0.3) is 0 Å². The number of esters is 1. The van der Waals surface area contributed by atoms with Crippen LogP contribution in [0.15, 0.2) is 28.8 Å². The Morgan fingerprint density at radius 2 is 1.93 bits per heavy atom. The quantitative estimate of drug-likeness (QED) is 0.535. The predicted octanol–water partition coefficient (Wildman–Crippen LogP) is 2.96. The third kappa shape index (κ3) is 5.69. The number of hydrogen-bond acceptors (Lipinski definition) is 7. The van der Waals surface area contributed by atoms with E-state index in [1.54, 1.807) is 19.1 Å². The van der Waals surface area contributed by atoms with Gasteiger partial charge in [-0.15, -0.1) is 11.8 Å². The van der Waals surface area contributed by atoms with Crippen molar-refractivity contribution in [3.05, 3.63) is 46.7 Å². The van der Waals surface area contributed by atoms with Crippen molar-refractivity contribution in [2.45, 2.75) is 32.6 Å². The molecule has 0 atom stereocenters. The number of thioether (sulfide) groups is 1. The topological polar surface area (TPSA) is 98.5 Å². The van der Waals surface area contributed by atoms with E-state index in [1.165, 1.54) is 17.5 Å². The van der Waals surface area contributed by atoms with Crippen molar-refractivity contribution in [3.63, 3.8) is 0 Å². The van der Waals surface area contributed by atoms with Crippen molar-refractivity contribution in [2.24, 2.45) is 0 Å². The fourth-order valence-electron chi connectivity index (χ4n) is 3.01. The first-order valence-corrected chi connectivity index (χ1v) is 10.3. The van der Waals surface area contributed by atoms with Crippen molar-refractivity contribution in [1.29, 1.82) is 0 Å². The Labute approximate surface area is 167 Å². The van der Waals surface area contributed by atoms with Gasteiger partial charge in [0.1, 0.15) is 5.76 Å². The van der Waals surface area contributed by atoms with Gasteiger partial charge in [0, 0.05) is 11.6 Å². The second kappa shape index (κ2) is 9.54. The van der Waals surface area contributed by atoms with Crippen LogP contribution in [-0.4, -0.2) is 40.9 Å². The fraction of sp³-hybridized carbons (Fsp3) is 0.400. The van der Waals surface area contributed by atoms with Gasteiger partial charge in [-0.25, -0.2) is 0 Å². The molecule has 0 saturated carbocycles. The summed E-state index contributed by atoms with van der Waals surface area (Å²) in [5, 5.41) is 6.22. The number of carbonyl (C=O) groups excluding carboxylic acids is 3. The van der Waals surface area contributed by atoms with Gasteiger partial charge in [0.25, 0.3) is 0 Å². The van der Waals surface area contributed by atoms with Crippen molar-refractivity contribution in [1.82, 2.24) is 5.16 Å². The zero-order valence-electron chi connectivity index (χ0n) is 15.7. The number of anilines is 1. The number of ketones is 1. The SMILES string of the molecule is Cc1cc(NC(=O)CSCC(=O)OCC(=O)c2ccc3c(c2)CCCC3)no1. The molecule has 0 saturated heterocycles. The van der Waals surface area contributed by atoms with E-state index in [-0.39, 0.29) is 29.8 Å². The number of rotatable bonds is 8. The standard InChI is InChI=1S/C20H22N2O5S/c1-13-8-18(22-27-13)21-19(24)11-28-12-20(25)26-10-17(23)16-7-6-14-4-2-3-5-15(14)9-16/h6-9H,2-5,10-12H2,1H3,(H,21,22,24). The first-order valence-electron chi connectivity index (χ1n) is 9.13. The summed E-state index contributed by atoms with van der Waals surface area (Å²) in [6, 6.07) is 7.30. The van der Waals surface area contributed by atoms with Gasteiger partial charge in [-0.1, -0.05) is 17.3 Å². The van der Waals surface area contributed by atoms with Crippen LogP contribution in [0.4, 0.5) is 5.82 Å². The second-order valence-corrected chi connectivity index (χ2v) is 7.62. The number of amides is 1. The number of benzene rings is 1. The van der Waals surface area contributed by atoms with Crippen LogP contribution in [0.5, 0.6) is 0 Å². The highest BCUT2D eigenvalue weighted by molar-refractivity contribution is 8.00. The summed E-state index contributed by atoms with van der Waals surface area (Å²) in [6.07, 6.45) is 4.37. The minimum Gasteiger partial charge on any atom is -0.457 e. The molecule has 0 radical (unpaired) electrons. The Kier molecular flexibility index (Phi) is 6.86. The molecule has 1 aliphatic carbocycles. The molecule has 0 unspecified atom stereocenters. The zero-order valence-corrected chi connectivity index (χ0v) is 16.5. The number of ether oxygens (including phenoxy) is 1. The first kappa shape index (κ1) is 20.1. The van der Waals surface area contributed by atoms with Crippen LogP contribution in [-0.2, 0) is 27.2 Å². The number of nitrogens with one attached hydrogen (secondary N) is 1. The number of aromatic nitrogens is 1. The summed E-state index contributed by atoms with van der Waals surface area (Å²) in [6.45, 7) is 1.43. The van der Waals surface area contributed by atoms with E-state index >= 15 is 0 Å². The lowest BCUT2D eigenvalue weighted by Crippen LogP contribution is -2.18. The molecule has 7 nitrogen and oxygen atoms in total. The van der Waals surface area contributed by atoms with E-state index in [2.05, 4.69) is 10.5 Å². The molecule has 1 amide bonds. The van der Waals surface area contributed by atoms with Crippen molar-refractivity contribution in [3.8, 4) is 0 Å². The van der Waals surface area contributed by atoms with E-state index in [0.717, 1.165) is 31.0 Å². The zero-order chi connectivity index (χ0) is 19.9. The van der Waals surface area contributed by atoms with Crippen LogP contribution < -0.4 is 5.32 Å². The first-order chi connectivity index (χ1) is 13.5. The third-order valence-corrected chi connectivity index (χ3v) is 5.29. The molecule has 148 valence electrons. The molecule has 0 aliphatic heterocycles. The number of carbonyl (C=O) groups is 3. The van der Waals surface area contributed by atoms with E-state index in [1.807, 2.05) is 12.1 Å². The van der Waals surface area contributed by atoms with Gasteiger partial charge in [0.05, 0.1) is 11.5 Å². The van der Waals surface area contributed by atoms with Crippen LogP contribution in [0.1, 0.15) is 40.1 Å². The molecule has 1 heterocycles. The number of aryl methyl sites for hydroxylation is 3. The Morgan fingerprint density at radius 1 is 1.14 bits per heavy atom. The molecule has 3 rings (SSSR count). The number of fused-ring (bicyclic) bond motifs is 1. The Hall–Kier alpha value is -2.61. The minimum absolute atomic E-state index is 0.0112. The summed E-state index contributed by atoms with van der Waals surface area (Å²) in [7, 11) is 0. The van der Waals surface area contributed by atoms with Gasteiger partial charge < -0.3 is 14.6 Å². The maximum atomic E-state index is 12.3. The normalized spacial score (nSPS) is 12.9. The molecular formula is C20H22N2O5S. The van der Waals surface area contributed by atoms with Gasteiger partial charge in [0.2, 0.25) is 5.91 Å². The highest BCUT2D eigenvalue weighted by Crippen LogP contribution is 2.22. The molecule has 1 N–H and O–H groups in total. The monoisotopic (exact) mass is 402 g/mol. The summed E-state index contributed by atoms with van der Waals surface area (Å²) < 4.78 is 9.89. The average molecular weight is 402 g/mol.